The summed E-state index contributed by atoms with van der Waals surface area (Å²) in [5.74, 6) is 0.0850. The van der Waals surface area contributed by atoms with Crippen molar-refractivity contribution >= 4 is 17.5 Å². The summed E-state index contributed by atoms with van der Waals surface area (Å²) in [4.78, 5) is 13.0. The summed E-state index contributed by atoms with van der Waals surface area (Å²) >= 11 is 5.80. The highest BCUT2D eigenvalue weighted by atomic mass is 35.5. The van der Waals surface area contributed by atoms with Gasteiger partial charge in [-0.2, -0.15) is 0 Å². The molecule has 1 saturated heterocycles. The second-order valence-electron chi connectivity index (χ2n) is 4.44. The smallest absolute Gasteiger partial charge is 0.275 e. The first kappa shape index (κ1) is 13.3. The average Bonchev–Trinajstić information content (AvgIpc) is 2.39. The van der Waals surface area contributed by atoms with Gasteiger partial charge in [0.2, 0.25) is 0 Å². The van der Waals surface area contributed by atoms with Gasteiger partial charge < -0.3 is 15.0 Å². The summed E-state index contributed by atoms with van der Waals surface area (Å²) < 4.78 is 5.26. The molecule has 0 unspecified atom stereocenters. The van der Waals surface area contributed by atoms with Crippen LogP contribution in [-0.2, 0) is 16.1 Å². The van der Waals surface area contributed by atoms with E-state index in [9.17, 15) is 4.79 Å². The molecule has 2 rings (SSSR count). The van der Waals surface area contributed by atoms with Crippen LogP contribution >= 0.6 is 11.6 Å². The van der Waals surface area contributed by atoms with Crippen molar-refractivity contribution < 1.29 is 14.4 Å². The minimum atomic E-state index is 0.0850. The molecule has 1 aliphatic rings. The predicted octanol–water partition coefficient (Wildman–Crippen LogP) is -0.129. The Morgan fingerprint density at radius 3 is 2.61 bits per heavy atom. The van der Waals surface area contributed by atoms with Gasteiger partial charge in [-0.25, -0.2) is 0 Å². The minimum Gasteiger partial charge on any atom is -0.370 e. The number of halogens is 1. The Hall–Kier alpha value is -1.10. The van der Waals surface area contributed by atoms with Gasteiger partial charge >= 0.3 is 0 Å². The van der Waals surface area contributed by atoms with Crippen molar-refractivity contribution in [3.05, 3.63) is 34.9 Å². The zero-order chi connectivity index (χ0) is 12.8. The second kappa shape index (κ2) is 6.73. The normalized spacial score (nSPS) is 16.5. The summed E-state index contributed by atoms with van der Waals surface area (Å²) in [5, 5.41) is 3.63. The quantitative estimate of drug-likeness (QED) is 0.800. The fraction of sp³-hybridized carbons (Fsp3) is 0.462. The van der Waals surface area contributed by atoms with E-state index in [1.165, 1.54) is 4.90 Å². The van der Waals surface area contributed by atoms with Gasteiger partial charge in [0.15, 0.2) is 6.54 Å². The molecule has 5 heteroatoms. The maximum absolute atomic E-state index is 11.8. The van der Waals surface area contributed by atoms with Crippen molar-refractivity contribution in [2.24, 2.45) is 0 Å². The van der Waals surface area contributed by atoms with Gasteiger partial charge in [0.25, 0.3) is 5.91 Å². The van der Waals surface area contributed by atoms with Crippen LogP contribution in [0.2, 0.25) is 5.02 Å². The van der Waals surface area contributed by atoms with Gasteiger partial charge in [-0.1, -0.05) is 23.7 Å². The van der Waals surface area contributed by atoms with Crippen LogP contribution in [0.3, 0.4) is 0 Å². The molecule has 0 aromatic heterocycles. The number of quaternary nitrogens is 1. The molecule has 0 radical (unpaired) electrons. The zero-order valence-electron chi connectivity index (χ0n) is 10.2. The molecule has 98 valence electrons. The van der Waals surface area contributed by atoms with Gasteiger partial charge in [-0.3, -0.25) is 4.79 Å². The molecule has 0 aliphatic carbocycles. The van der Waals surface area contributed by atoms with Crippen LogP contribution in [0, 0.1) is 0 Å². The molecule has 18 heavy (non-hydrogen) atoms. The molecule has 1 fully saturated rings. The molecular formula is C13H18ClN2O2+. The van der Waals surface area contributed by atoms with Gasteiger partial charge in [0, 0.05) is 11.6 Å². The summed E-state index contributed by atoms with van der Waals surface area (Å²) in [5.41, 5.74) is 1.06. The summed E-state index contributed by atoms with van der Waals surface area (Å²) in [6.07, 6.45) is 0. The van der Waals surface area contributed by atoms with Gasteiger partial charge in [-0.15, -0.1) is 0 Å². The van der Waals surface area contributed by atoms with Gasteiger partial charge in [-0.05, 0) is 17.7 Å². The predicted molar refractivity (Wildman–Crippen MR) is 69.7 cm³/mol. The number of carbonyl (C=O) groups is 1. The molecule has 1 aromatic rings. The van der Waals surface area contributed by atoms with E-state index in [2.05, 4.69) is 5.32 Å². The standard InChI is InChI=1S/C13H17ClN2O2/c14-12-3-1-11(2-4-12)9-15-13(17)10-16-5-7-18-8-6-16/h1-4H,5-10H2,(H,15,17)/p+1. The summed E-state index contributed by atoms with van der Waals surface area (Å²) in [7, 11) is 0. The third-order valence-electron chi connectivity index (χ3n) is 3.01. The zero-order valence-corrected chi connectivity index (χ0v) is 11.0. The highest BCUT2D eigenvalue weighted by Crippen LogP contribution is 2.08. The van der Waals surface area contributed by atoms with Crippen LogP contribution in [0.1, 0.15) is 5.56 Å². The highest BCUT2D eigenvalue weighted by molar-refractivity contribution is 6.30. The van der Waals surface area contributed by atoms with Gasteiger partial charge in [0.05, 0.1) is 13.2 Å². The summed E-state index contributed by atoms with van der Waals surface area (Å²) in [6, 6.07) is 7.50. The number of morpholine rings is 1. The molecule has 1 amide bonds. The van der Waals surface area contributed by atoms with Crippen LogP contribution in [0.5, 0.6) is 0 Å². The first-order chi connectivity index (χ1) is 8.74. The van der Waals surface area contributed by atoms with E-state index in [4.69, 9.17) is 16.3 Å². The van der Waals surface area contributed by atoms with Crippen molar-refractivity contribution in [1.29, 1.82) is 0 Å². The topological polar surface area (TPSA) is 42.8 Å². The maximum atomic E-state index is 11.8. The molecule has 0 spiro atoms. The molecule has 1 aliphatic heterocycles. The number of nitrogens with one attached hydrogen (secondary N) is 2. The van der Waals surface area contributed by atoms with Crippen LogP contribution in [0.4, 0.5) is 0 Å². The number of ether oxygens (including phenoxy) is 1. The SMILES string of the molecule is O=C(C[NH+]1CCOCC1)NCc1ccc(Cl)cc1. The molecule has 2 N–H and O–H groups in total. The lowest BCUT2D eigenvalue weighted by Crippen LogP contribution is -3.15. The fourth-order valence-electron chi connectivity index (χ4n) is 1.93. The van der Waals surface area contributed by atoms with E-state index in [1.54, 1.807) is 0 Å². The third-order valence-corrected chi connectivity index (χ3v) is 3.27. The second-order valence-corrected chi connectivity index (χ2v) is 4.88. The molecule has 4 nitrogen and oxygen atoms in total. The first-order valence-corrected chi connectivity index (χ1v) is 6.54. The van der Waals surface area contributed by atoms with Crippen molar-refractivity contribution in [3.8, 4) is 0 Å². The van der Waals surface area contributed by atoms with Gasteiger partial charge in [0.1, 0.15) is 13.1 Å². The number of hydrogen-bond acceptors (Lipinski definition) is 2. The van der Waals surface area contributed by atoms with E-state index in [1.807, 2.05) is 24.3 Å². The van der Waals surface area contributed by atoms with Crippen LogP contribution in [0.15, 0.2) is 24.3 Å². The number of rotatable bonds is 4. The fourth-order valence-corrected chi connectivity index (χ4v) is 2.06. The van der Waals surface area contributed by atoms with E-state index in [0.29, 0.717) is 18.1 Å². The lowest BCUT2D eigenvalue weighted by Gasteiger charge is -2.23. The minimum absolute atomic E-state index is 0.0850. The Morgan fingerprint density at radius 1 is 1.28 bits per heavy atom. The maximum Gasteiger partial charge on any atom is 0.275 e. The molecule has 1 heterocycles. The number of benzene rings is 1. The number of amides is 1. The van der Waals surface area contributed by atoms with Crippen LogP contribution < -0.4 is 10.2 Å². The number of hydrogen-bond donors (Lipinski definition) is 2. The molecule has 0 bridgehead atoms. The molecule has 0 saturated carbocycles. The third kappa shape index (κ3) is 4.29. The van der Waals surface area contributed by atoms with E-state index >= 15 is 0 Å². The van der Waals surface area contributed by atoms with Crippen molar-refractivity contribution in [1.82, 2.24) is 5.32 Å². The monoisotopic (exact) mass is 269 g/mol. The Kier molecular flexibility index (Phi) is 4.99. The number of carbonyl (C=O) groups excluding carboxylic acids is 1. The molecule has 1 aromatic carbocycles. The lowest BCUT2D eigenvalue weighted by atomic mass is 10.2. The van der Waals surface area contributed by atoms with E-state index in [0.717, 1.165) is 31.9 Å². The lowest BCUT2D eigenvalue weighted by molar-refractivity contribution is -0.900. The van der Waals surface area contributed by atoms with Crippen LogP contribution in [-0.4, -0.2) is 38.8 Å². The average molecular weight is 270 g/mol. The molecule has 0 atom stereocenters. The van der Waals surface area contributed by atoms with Crippen molar-refractivity contribution in [2.75, 3.05) is 32.8 Å². The van der Waals surface area contributed by atoms with E-state index < -0.39 is 0 Å². The van der Waals surface area contributed by atoms with Crippen LogP contribution in [0.25, 0.3) is 0 Å². The largest absolute Gasteiger partial charge is 0.370 e. The Bertz CT molecular complexity index is 388. The highest BCUT2D eigenvalue weighted by Gasteiger charge is 2.17. The first-order valence-electron chi connectivity index (χ1n) is 6.16. The van der Waals surface area contributed by atoms with Crippen molar-refractivity contribution in [3.63, 3.8) is 0 Å². The van der Waals surface area contributed by atoms with Crippen molar-refractivity contribution in [2.45, 2.75) is 6.54 Å². The molecular weight excluding hydrogens is 252 g/mol. The summed E-state index contributed by atoms with van der Waals surface area (Å²) in [6.45, 7) is 4.40. The Morgan fingerprint density at radius 2 is 1.94 bits per heavy atom. The Balaban J connectivity index is 1.72. The van der Waals surface area contributed by atoms with E-state index in [-0.39, 0.29) is 5.91 Å². The Labute approximate surface area is 112 Å².